The third kappa shape index (κ3) is 234. The largest absolute Gasteiger partial charge is 0.370 e. The first-order chi connectivity index (χ1) is 3.15. The van der Waals surface area contributed by atoms with E-state index >= 15 is 0 Å². The minimum absolute atomic E-state index is 0.333. The van der Waals surface area contributed by atoms with Gasteiger partial charge in [-0.1, -0.05) is 20.3 Å². The highest BCUT2D eigenvalue weighted by atomic mass is 16.1. The van der Waals surface area contributed by atoms with E-state index in [4.69, 9.17) is 0 Å². The number of carbonyl (C=O) groups excluding carboxylic acids is 1. The minimum atomic E-state index is -0.333. The number of rotatable bonds is 0. The Labute approximate surface area is 44.7 Å². The smallest absolute Gasteiger partial charge is 0.214 e. The highest BCUT2D eigenvalue weighted by Gasteiger charge is 1.61. The van der Waals surface area contributed by atoms with Gasteiger partial charge in [-0.3, -0.25) is 4.79 Å². The van der Waals surface area contributed by atoms with Crippen LogP contribution in [0.2, 0.25) is 0 Å². The van der Waals surface area contributed by atoms with Crippen molar-refractivity contribution >= 4 is 5.91 Å². The van der Waals surface area contributed by atoms with Crippen LogP contribution in [-0.4, -0.2) is 5.91 Å². The maximum Gasteiger partial charge on any atom is 0.214 e. The van der Waals surface area contributed by atoms with E-state index in [0.29, 0.717) is 0 Å². The molecule has 0 atom stereocenters. The molecule has 0 heterocycles. The van der Waals surface area contributed by atoms with Crippen molar-refractivity contribution < 1.29 is 4.79 Å². The molecule has 44 valence electrons. The molecule has 2 nitrogen and oxygen atoms in total. The Balaban J connectivity index is 0. The summed E-state index contributed by atoms with van der Waals surface area (Å²) in [6.07, 6.45) is 1.25. The lowest BCUT2D eigenvalue weighted by molar-refractivity contribution is -0.115. The van der Waals surface area contributed by atoms with Crippen molar-refractivity contribution in [2.45, 2.75) is 27.2 Å². The Morgan fingerprint density at radius 1 is 1.57 bits per heavy atom. The van der Waals surface area contributed by atoms with E-state index in [2.05, 4.69) is 19.6 Å². The van der Waals surface area contributed by atoms with E-state index in [0.717, 1.165) is 0 Å². The molecule has 0 bridgehead atoms. The Morgan fingerprint density at radius 3 is 1.57 bits per heavy atom. The summed E-state index contributed by atoms with van der Waals surface area (Å²) in [5.74, 6) is -0.333. The van der Waals surface area contributed by atoms with E-state index in [1.165, 1.54) is 13.3 Å². The van der Waals surface area contributed by atoms with Crippen LogP contribution in [0.5, 0.6) is 0 Å². The fourth-order valence-electron chi connectivity index (χ4n) is 0. The summed E-state index contributed by atoms with van der Waals surface area (Å²) < 4.78 is 0. The fraction of sp³-hybridized carbons (Fsp3) is 0.800. The standard InChI is InChI=1S/C3H8.C2H5NO/c1-3-2;1-2(3)4/h3H2,1-2H3;1H3,(H2,3,4). The molecule has 1 amide bonds. The molecule has 0 aliphatic carbocycles. The van der Waals surface area contributed by atoms with Gasteiger partial charge < -0.3 is 5.73 Å². The third-order valence-electron chi connectivity index (χ3n) is 0. The average molecular weight is 103 g/mol. The second kappa shape index (κ2) is 9.08. The molecule has 0 saturated heterocycles. The third-order valence-corrected chi connectivity index (χ3v) is 0. The van der Waals surface area contributed by atoms with Gasteiger partial charge in [-0.2, -0.15) is 0 Å². The zero-order chi connectivity index (χ0) is 6.28. The number of primary amides is 1. The normalized spacial score (nSPS) is 6.14. The van der Waals surface area contributed by atoms with Gasteiger partial charge in [0.25, 0.3) is 0 Å². The Kier molecular flexibility index (Phi) is 12.6. The zero-order valence-electron chi connectivity index (χ0n) is 5.19. The summed E-state index contributed by atoms with van der Waals surface area (Å²) in [7, 11) is 0. The van der Waals surface area contributed by atoms with Crippen molar-refractivity contribution in [2.24, 2.45) is 5.73 Å². The van der Waals surface area contributed by atoms with Crippen LogP contribution in [-0.2, 0) is 4.79 Å². The van der Waals surface area contributed by atoms with Gasteiger partial charge in [0.15, 0.2) is 0 Å². The number of nitrogens with two attached hydrogens (primary N) is 1. The molecule has 2 heteroatoms. The van der Waals surface area contributed by atoms with E-state index in [1.807, 2.05) is 0 Å². The van der Waals surface area contributed by atoms with Gasteiger partial charge in [-0.05, 0) is 0 Å². The van der Waals surface area contributed by atoms with Crippen molar-refractivity contribution in [1.82, 2.24) is 0 Å². The molecule has 0 fully saturated rings. The molecular weight excluding hydrogens is 90.1 g/mol. The van der Waals surface area contributed by atoms with Crippen molar-refractivity contribution in [3.8, 4) is 0 Å². The van der Waals surface area contributed by atoms with Gasteiger partial charge in [0, 0.05) is 6.92 Å². The van der Waals surface area contributed by atoms with E-state index in [-0.39, 0.29) is 5.91 Å². The fourth-order valence-corrected chi connectivity index (χ4v) is 0. The van der Waals surface area contributed by atoms with Crippen molar-refractivity contribution in [1.29, 1.82) is 0 Å². The topological polar surface area (TPSA) is 43.1 Å². The van der Waals surface area contributed by atoms with Gasteiger partial charge >= 0.3 is 0 Å². The Hall–Kier alpha value is -0.530. The van der Waals surface area contributed by atoms with Crippen LogP contribution in [0.25, 0.3) is 0 Å². The first-order valence-electron chi connectivity index (χ1n) is 2.41. The SMILES string of the molecule is CC(N)=O.CCC. The molecule has 0 saturated carbocycles. The summed E-state index contributed by atoms with van der Waals surface area (Å²) in [5.41, 5.74) is 4.47. The molecule has 0 aliphatic rings. The highest BCUT2D eigenvalue weighted by Crippen LogP contribution is 1.56. The van der Waals surface area contributed by atoms with Gasteiger partial charge in [0.2, 0.25) is 5.91 Å². The highest BCUT2D eigenvalue weighted by molar-refractivity contribution is 5.70. The van der Waals surface area contributed by atoms with Crippen LogP contribution in [0.4, 0.5) is 0 Å². The number of hydrogen-bond acceptors (Lipinski definition) is 1. The first kappa shape index (κ1) is 9.69. The lowest BCUT2D eigenvalue weighted by Crippen LogP contribution is -2.01. The number of amides is 1. The molecule has 0 aromatic heterocycles. The van der Waals surface area contributed by atoms with Crippen LogP contribution in [0, 0.1) is 0 Å². The van der Waals surface area contributed by atoms with E-state index < -0.39 is 0 Å². The molecule has 0 aromatic carbocycles. The van der Waals surface area contributed by atoms with Crippen molar-refractivity contribution in [3.63, 3.8) is 0 Å². The lowest BCUT2D eigenvalue weighted by atomic mass is 10.6. The molecule has 0 spiro atoms. The second-order valence-electron chi connectivity index (χ2n) is 1.32. The minimum Gasteiger partial charge on any atom is -0.370 e. The first-order valence-corrected chi connectivity index (χ1v) is 2.41. The van der Waals surface area contributed by atoms with Gasteiger partial charge in [-0.15, -0.1) is 0 Å². The molecule has 2 N–H and O–H groups in total. The quantitative estimate of drug-likeness (QED) is 0.486. The lowest BCUT2D eigenvalue weighted by Gasteiger charge is -1.60. The molecule has 0 aliphatic heterocycles. The molecule has 0 aromatic rings. The maximum atomic E-state index is 9.22. The van der Waals surface area contributed by atoms with Gasteiger partial charge in [0.05, 0.1) is 0 Å². The van der Waals surface area contributed by atoms with Crippen molar-refractivity contribution in [3.05, 3.63) is 0 Å². The number of hydrogen-bond donors (Lipinski definition) is 1. The summed E-state index contributed by atoms with van der Waals surface area (Å²) in [6.45, 7) is 5.56. The van der Waals surface area contributed by atoms with Gasteiger partial charge in [-0.25, -0.2) is 0 Å². The summed E-state index contributed by atoms with van der Waals surface area (Å²) in [6, 6.07) is 0. The monoisotopic (exact) mass is 103 g/mol. The second-order valence-corrected chi connectivity index (χ2v) is 1.32. The van der Waals surface area contributed by atoms with Crippen LogP contribution < -0.4 is 5.73 Å². The van der Waals surface area contributed by atoms with Crippen LogP contribution in [0.1, 0.15) is 27.2 Å². The van der Waals surface area contributed by atoms with Gasteiger partial charge in [0.1, 0.15) is 0 Å². The van der Waals surface area contributed by atoms with Crippen molar-refractivity contribution in [2.75, 3.05) is 0 Å². The molecule has 0 rings (SSSR count). The molecular formula is C5H13NO. The summed E-state index contributed by atoms with van der Waals surface area (Å²) >= 11 is 0. The van der Waals surface area contributed by atoms with Crippen LogP contribution in [0.15, 0.2) is 0 Å². The Morgan fingerprint density at radius 2 is 1.57 bits per heavy atom. The average Bonchev–Trinajstić information content (AvgIpc) is 1.33. The zero-order valence-corrected chi connectivity index (χ0v) is 5.19. The summed E-state index contributed by atoms with van der Waals surface area (Å²) in [4.78, 5) is 9.22. The van der Waals surface area contributed by atoms with Crippen LogP contribution >= 0.6 is 0 Å². The molecule has 0 unspecified atom stereocenters. The van der Waals surface area contributed by atoms with E-state index in [1.54, 1.807) is 0 Å². The molecule has 0 radical (unpaired) electrons. The summed E-state index contributed by atoms with van der Waals surface area (Å²) in [5, 5.41) is 0. The Bertz CT molecular complexity index is 39.3. The number of carbonyl (C=O) groups is 1. The van der Waals surface area contributed by atoms with E-state index in [9.17, 15) is 4.79 Å². The molecule has 7 heavy (non-hydrogen) atoms. The predicted molar refractivity (Wildman–Crippen MR) is 30.8 cm³/mol. The van der Waals surface area contributed by atoms with Crippen LogP contribution in [0.3, 0.4) is 0 Å². The maximum absolute atomic E-state index is 9.22. The predicted octanol–water partition coefficient (Wildman–Crippen LogP) is 0.908.